The van der Waals surface area contributed by atoms with Gasteiger partial charge < -0.3 is 5.32 Å². The Bertz CT molecular complexity index is 187. The largest absolute Gasteiger partial charge is 0.375 e. The van der Waals surface area contributed by atoms with Crippen molar-refractivity contribution in [3.63, 3.8) is 0 Å². The summed E-state index contributed by atoms with van der Waals surface area (Å²) in [4.78, 5) is -0.116. The zero-order valence-corrected chi connectivity index (χ0v) is 10.6. The zero-order chi connectivity index (χ0) is 10.7. The van der Waals surface area contributed by atoms with Crippen molar-refractivity contribution in [2.45, 2.75) is 52.8 Å². The molecular weight excluding hydrogens is 178 g/mol. The minimum atomic E-state index is -0.116. The van der Waals surface area contributed by atoms with E-state index in [0.717, 1.165) is 6.42 Å². The van der Waals surface area contributed by atoms with Crippen molar-refractivity contribution in [1.82, 2.24) is 5.32 Å². The van der Waals surface area contributed by atoms with Crippen LogP contribution in [0.2, 0.25) is 0 Å². The lowest BCUT2D eigenvalue weighted by molar-refractivity contribution is 0.311. The van der Waals surface area contributed by atoms with Crippen LogP contribution in [0.15, 0.2) is 11.8 Å². The predicted molar refractivity (Wildman–Crippen MR) is 64.0 cm³/mol. The van der Waals surface area contributed by atoms with Gasteiger partial charge in [0.15, 0.2) is 0 Å². The van der Waals surface area contributed by atoms with E-state index in [-0.39, 0.29) is 4.87 Å². The molecule has 0 aromatic rings. The highest BCUT2D eigenvalue weighted by atomic mass is 32.1. The lowest BCUT2D eigenvalue weighted by atomic mass is 9.88. The number of hydrogen-bond donors (Lipinski definition) is 2. The van der Waals surface area contributed by atoms with Crippen molar-refractivity contribution in [3.8, 4) is 0 Å². The van der Waals surface area contributed by atoms with Gasteiger partial charge in [-0.05, 0) is 32.6 Å². The molecule has 1 atom stereocenters. The van der Waals surface area contributed by atoms with Gasteiger partial charge in [0.25, 0.3) is 0 Å². The highest BCUT2D eigenvalue weighted by Gasteiger charge is 2.25. The van der Waals surface area contributed by atoms with Gasteiger partial charge in [-0.25, -0.2) is 0 Å². The summed E-state index contributed by atoms with van der Waals surface area (Å²) in [5.41, 5.74) is 1.49. The second-order valence-electron chi connectivity index (χ2n) is 5.11. The lowest BCUT2D eigenvalue weighted by Gasteiger charge is -2.33. The Labute approximate surface area is 88.4 Å². The van der Waals surface area contributed by atoms with E-state index in [4.69, 9.17) is 0 Å². The minimum Gasteiger partial charge on any atom is -0.375 e. The summed E-state index contributed by atoms with van der Waals surface area (Å²) >= 11 is 4.62. The molecule has 1 unspecified atom stereocenters. The normalized spacial score (nSPS) is 18.2. The molecule has 0 saturated heterocycles. The molecule has 2 heteroatoms. The Morgan fingerprint density at radius 1 is 1.31 bits per heavy atom. The lowest BCUT2D eigenvalue weighted by Crippen LogP contribution is -2.38. The molecule has 0 heterocycles. The van der Waals surface area contributed by atoms with Crippen molar-refractivity contribution < 1.29 is 0 Å². The van der Waals surface area contributed by atoms with Gasteiger partial charge in [-0.3, -0.25) is 0 Å². The maximum Gasteiger partial charge on any atom is 0.0778 e. The third kappa shape index (κ3) is 7.00. The van der Waals surface area contributed by atoms with Gasteiger partial charge in [0.2, 0.25) is 0 Å². The van der Waals surface area contributed by atoms with Crippen molar-refractivity contribution in [2.75, 3.05) is 0 Å². The van der Waals surface area contributed by atoms with E-state index in [0.29, 0.717) is 5.41 Å². The first-order chi connectivity index (χ1) is 5.66. The molecule has 1 nitrogen and oxygen atoms in total. The molecule has 0 aromatic carbocycles. The molecule has 0 aromatic heterocycles. The van der Waals surface area contributed by atoms with Gasteiger partial charge in [0.1, 0.15) is 0 Å². The summed E-state index contributed by atoms with van der Waals surface area (Å²) < 4.78 is 0. The Balaban J connectivity index is 4.25. The first kappa shape index (κ1) is 12.9. The number of rotatable bonds is 3. The maximum atomic E-state index is 4.62. The summed E-state index contributed by atoms with van der Waals surface area (Å²) in [5, 5.41) is 3.39. The zero-order valence-electron chi connectivity index (χ0n) is 9.73. The standard InChI is InChI=1S/C11H23NS/c1-7-9(2)12-11(6,13)8-10(3,4)5/h7,12-13H,8H2,1-6H3. The average molecular weight is 201 g/mol. The molecule has 0 rings (SSSR count). The Hall–Kier alpha value is -0.110. The molecule has 0 fully saturated rings. The number of hydrogen-bond acceptors (Lipinski definition) is 2. The highest BCUT2D eigenvalue weighted by molar-refractivity contribution is 7.81. The Morgan fingerprint density at radius 2 is 1.77 bits per heavy atom. The third-order valence-electron chi connectivity index (χ3n) is 1.77. The molecule has 0 amide bonds. The summed E-state index contributed by atoms with van der Waals surface area (Å²) in [6.07, 6.45) is 3.10. The molecule has 0 bridgehead atoms. The monoisotopic (exact) mass is 201 g/mol. The van der Waals surface area contributed by atoms with Crippen LogP contribution in [0, 0.1) is 5.41 Å². The molecular formula is C11H23NS. The molecule has 78 valence electrons. The Kier molecular flexibility index (Phi) is 4.37. The number of allylic oxidation sites excluding steroid dienone is 2. The summed E-state index contributed by atoms with van der Waals surface area (Å²) in [7, 11) is 0. The molecule has 0 spiro atoms. The van der Waals surface area contributed by atoms with E-state index in [2.05, 4.69) is 58.6 Å². The van der Waals surface area contributed by atoms with Gasteiger partial charge in [-0.2, -0.15) is 12.6 Å². The SMILES string of the molecule is CC=C(C)NC(C)(S)CC(C)(C)C. The smallest absolute Gasteiger partial charge is 0.0778 e. The van der Waals surface area contributed by atoms with E-state index in [9.17, 15) is 0 Å². The summed E-state index contributed by atoms with van der Waals surface area (Å²) in [5.74, 6) is 0. The number of nitrogens with one attached hydrogen (secondary N) is 1. The first-order valence-electron chi connectivity index (χ1n) is 4.80. The minimum absolute atomic E-state index is 0.116. The first-order valence-corrected chi connectivity index (χ1v) is 5.24. The summed E-state index contributed by atoms with van der Waals surface area (Å²) in [6, 6.07) is 0. The van der Waals surface area contributed by atoms with E-state index in [1.54, 1.807) is 0 Å². The van der Waals surface area contributed by atoms with Crippen LogP contribution in [0.25, 0.3) is 0 Å². The van der Waals surface area contributed by atoms with Crippen LogP contribution in [-0.2, 0) is 0 Å². The highest BCUT2D eigenvalue weighted by Crippen LogP contribution is 2.30. The second-order valence-corrected chi connectivity index (χ2v) is 6.10. The maximum absolute atomic E-state index is 4.62. The topological polar surface area (TPSA) is 12.0 Å². The molecule has 0 radical (unpaired) electrons. The fraction of sp³-hybridized carbons (Fsp3) is 0.818. The van der Waals surface area contributed by atoms with Crippen molar-refractivity contribution in [3.05, 3.63) is 11.8 Å². The summed E-state index contributed by atoms with van der Waals surface area (Å²) in [6.45, 7) is 12.9. The van der Waals surface area contributed by atoms with Gasteiger partial charge in [0, 0.05) is 5.70 Å². The molecule has 0 aliphatic rings. The predicted octanol–water partition coefficient (Wildman–Crippen LogP) is 3.58. The van der Waals surface area contributed by atoms with Crippen molar-refractivity contribution in [2.24, 2.45) is 5.41 Å². The van der Waals surface area contributed by atoms with Crippen LogP contribution in [0.1, 0.15) is 48.0 Å². The number of thiol groups is 1. The molecule has 0 aliphatic heterocycles. The van der Waals surface area contributed by atoms with Gasteiger partial charge in [0.05, 0.1) is 4.87 Å². The van der Waals surface area contributed by atoms with E-state index < -0.39 is 0 Å². The van der Waals surface area contributed by atoms with E-state index >= 15 is 0 Å². The van der Waals surface area contributed by atoms with Crippen LogP contribution >= 0.6 is 12.6 Å². The molecule has 0 saturated carbocycles. The van der Waals surface area contributed by atoms with E-state index in [1.165, 1.54) is 5.70 Å². The molecule has 1 N–H and O–H groups in total. The van der Waals surface area contributed by atoms with Gasteiger partial charge in [-0.1, -0.05) is 26.8 Å². The van der Waals surface area contributed by atoms with Crippen LogP contribution in [0.5, 0.6) is 0 Å². The molecule has 13 heavy (non-hydrogen) atoms. The Morgan fingerprint density at radius 3 is 2.08 bits per heavy atom. The third-order valence-corrected chi connectivity index (χ3v) is 2.04. The average Bonchev–Trinajstić information content (AvgIpc) is 1.80. The van der Waals surface area contributed by atoms with Crippen LogP contribution in [0.3, 0.4) is 0 Å². The van der Waals surface area contributed by atoms with Crippen LogP contribution in [0.4, 0.5) is 0 Å². The second kappa shape index (κ2) is 4.41. The molecule has 0 aliphatic carbocycles. The fourth-order valence-electron chi connectivity index (χ4n) is 1.57. The van der Waals surface area contributed by atoms with Crippen LogP contribution in [-0.4, -0.2) is 4.87 Å². The van der Waals surface area contributed by atoms with Gasteiger partial charge >= 0.3 is 0 Å². The quantitative estimate of drug-likeness (QED) is 0.525. The van der Waals surface area contributed by atoms with Crippen molar-refractivity contribution >= 4 is 12.6 Å². The van der Waals surface area contributed by atoms with E-state index in [1.807, 2.05) is 6.92 Å². The van der Waals surface area contributed by atoms with Crippen LogP contribution < -0.4 is 5.32 Å². The fourth-order valence-corrected chi connectivity index (χ4v) is 2.22. The van der Waals surface area contributed by atoms with Gasteiger partial charge in [-0.15, -0.1) is 0 Å². The van der Waals surface area contributed by atoms with Crippen molar-refractivity contribution in [1.29, 1.82) is 0 Å².